The molecule has 0 aliphatic rings. The molecule has 6 heteroatoms. The van der Waals surface area contributed by atoms with Gasteiger partial charge in [0.1, 0.15) is 0 Å². The Bertz CT molecular complexity index is 331. The molecule has 0 bridgehead atoms. The molecule has 0 saturated heterocycles. The highest BCUT2D eigenvalue weighted by molar-refractivity contribution is 6.37. The summed E-state index contributed by atoms with van der Waals surface area (Å²) < 4.78 is 0. The summed E-state index contributed by atoms with van der Waals surface area (Å²) in [4.78, 5) is 10.4. The number of phenols is 1. The molecule has 0 heterocycles. The monoisotopic (exact) mass is 220 g/mol. The maximum absolute atomic E-state index is 10.4. The Morgan fingerprint density at radius 3 is 2.23 bits per heavy atom. The number of carbonyl (C=O) groups excluding carboxylic acids is 1. The number of anilines is 1. The van der Waals surface area contributed by atoms with E-state index in [1.807, 2.05) is 0 Å². The van der Waals surface area contributed by atoms with Gasteiger partial charge in [0.15, 0.2) is 5.75 Å². The lowest BCUT2D eigenvalue weighted by Crippen LogP contribution is -2.19. The van der Waals surface area contributed by atoms with Crippen LogP contribution in [0.25, 0.3) is 0 Å². The number of hydrogen-bond acceptors (Lipinski definition) is 2. The molecule has 70 valence electrons. The van der Waals surface area contributed by atoms with Crippen molar-refractivity contribution in [3.05, 3.63) is 22.2 Å². The Kier molecular flexibility index (Phi) is 2.85. The summed E-state index contributed by atoms with van der Waals surface area (Å²) in [5.74, 6) is -0.224. The molecule has 0 saturated carbocycles. The number of amides is 2. The molecule has 0 aromatic heterocycles. The summed E-state index contributed by atoms with van der Waals surface area (Å²) in [6.07, 6.45) is 0. The summed E-state index contributed by atoms with van der Waals surface area (Å²) in [6.45, 7) is 0. The zero-order valence-corrected chi connectivity index (χ0v) is 7.86. The summed E-state index contributed by atoms with van der Waals surface area (Å²) >= 11 is 11.2. The Labute approximate surface area is 84.2 Å². The Balaban J connectivity index is 3.06. The van der Waals surface area contributed by atoms with Crippen LogP contribution in [0.4, 0.5) is 10.5 Å². The van der Waals surface area contributed by atoms with Crippen LogP contribution in [0.1, 0.15) is 0 Å². The van der Waals surface area contributed by atoms with Crippen molar-refractivity contribution >= 4 is 34.9 Å². The number of phenolic OH excluding ortho intramolecular Hbond substituents is 1. The van der Waals surface area contributed by atoms with Gasteiger partial charge in [-0.15, -0.1) is 0 Å². The lowest BCUT2D eigenvalue weighted by molar-refractivity contribution is 0.259. The summed E-state index contributed by atoms with van der Waals surface area (Å²) in [6, 6.07) is 1.96. The molecule has 2 amide bonds. The van der Waals surface area contributed by atoms with Crippen LogP contribution in [0.2, 0.25) is 10.0 Å². The number of urea groups is 1. The van der Waals surface area contributed by atoms with Crippen LogP contribution in [-0.4, -0.2) is 11.1 Å². The van der Waals surface area contributed by atoms with Crippen molar-refractivity contribution in [3.8, 4) is 5.75 Å². The normalized spacial score (nSPS) is 9.69. The fraction of sp³-hybridized carbons (Fsp3) is 0. The average molecular weight is 221 g/mol. The lowest BCUT2D eigenvalue weighted by Gasteiger charge is -2.04. The molecule has 4 N–H and O–H groups in total. The summed E-state index contributed by atoms with van der Waals surface area (Å²) in [7, 11) is 0. The van der Waals surface area contributed by atoms with Crippen LogP contribution in [0, 0.1) is 0 Å². The molecule has 0 fully saturated rings. The van der Waals surface area contributed by atoms with E-state index in [1.165, 1.54) is 12.1 Å². The van der Waals surface area contributed by atoms with Crippen molar-refractivity contribution in [2.24, 2.45) is 5.73 Å². The number of primary amides is 1. The van der Waals surface area contributed by atoms with E-state index < -0.39 is 6.03 Å². The summed E-state index contributed by atoms with van der Waals surface area (Å²) in [5.41, 5.74) is 5.20. The molecule has 4 nitrogen and oxygen atoms in total. The minimum atomic E-state index is -0.724. The van der Waals surface area contributed by atoms with Crippen LogP contribution >= 0.6 is 23.2 Å². The van der Waals surface area contributed by atoms with E-state index >= 15 is 0 Å². The number of halogens is 2. The van der Waals surface area contributed by atoms with Gasteiger partial charge in [0, 0.05) is 5.69 Å². The van der Waals surface area contributed by atoms with Gasteiger partial charge in [-0.1, -0.05) is 23.2 Å². The average Bonchev–Trinajstić information content (AvgIpc) is 1.98. The fourth-order valence-electron chi connectivity index (χ4n) is 0.780. The van der Waals surface area contributed by atoms with Gasteiger partial charge in [-0.2, -0.15) is 0 Å². The predicted molar refractivity (Wildman–Crippen MR) is 51.3 cm³/mol. The minimum absolute atomic E-state index is 0.0521. The highest BCUT2D eigenvalue weighted by Crippen LogP contribution is 2.34. The molecule has 1 aromatic rings. The molecule has 0 spiro atoms. The Morgan fingerprint density at radius 2 is 1.85 bits per heavy atom. The van der Waals surface area contributed by atoms with E-state index in [-0.39, 0.29) is 15.8 Å². The van der Waals surface area contributed by atoms with Crippen molar-refractivity contribution in [1.29, 1.82) is 0 Å². The second kappa shape index (κ2) is 3.72. The Hall–Kier alpha value is -1.13. The van der Waals surface area contributed by atoms with Gasteiger partial charge in [-0.3, -0.25) is 0 Å². The molecule has 0 radical (unpaired) electrons. The third-order valence-electron chi connectivity index (χ3n) is 1.28. The topological polar surface area (TPSA) is 75.4 Å². The second-order valence-electron chi connectivity index (χ2n) is 2.28. The molecule has 0 atom stereocenters. The van der Waals surface area contributed by atoms with E-state index in [1.54, 1.807) is 0 Å². The number of benzene rings is 1. The van der Waals surface area contributed by atoms with Crippen molar-refractivity contribution in [2.45, 2.75) is 0 Å². The van der Waals surface area contributed by atoms with Crippen LogP contribution in [0.5, 0.6) is 5.75 Å². The molecule has 13 heavy (non-hydrogen) atoms. The highest BCUT2D eigenvalue weighted by Gasteiger charge is 2.06. The van der Waals surface area contributed by atoms with Gasteiger partial charge >= 0.3 is 6.03 Å². The minimum Gasteiger partial charge on any atom is -0.505 e. The third-order valence-corrected chi connectivity index (χ3v) is 1.86. The lowest BCUT2D eigenvalue weighted by atomic mass is 10.3. The van der Waals surface area contributed by atoms with Gasteiger partial charge in [-0.25, -0.2) is 4.79 Å². The first-order chi connectivity index (χ1) is 6.00. The maximum Gasteiger partial charge on any atom is 0.316 e. The molecular weight excluding hydrogens is 215 g/mol. The number of nitrogens with two attached hydrogens (primary N) is 1. The number of aromatic hydroxyl groups is 1. The third kappa shape index (κ3) is 2.40. The van der Waals surface area contributed by atoms with Gasteiger partial charge in [0.25, 0.3) is 0 Å². The molecule has 1 rings (SSSR count). The van der Waals surface area contributed by atoms with Gasteiger partial charge in [0.05, 0.1) is 10.0 Å². The van der Waals surface area contributed by atoms with Crippen molar-refractivity contribution in [1.82, 2.24) is 0 Å². The number of hydrogen-bond donors (Lipinski definition) is 3. The van der Waals surface area contributed by atoms with Crippen LogP contribution in [0.15, 0.2) is 12.1 Å². The molecular formula is C7H6Cl2N2O2. The molecule has 0 aliphatic heterocycles. The number of rotatable bonds is 1. The molecule has 1 aromatic carbocycles. The standard InChI is InChI=1S/C7H6Cl2N2O2/c8-4-1-3(11-7(10)13)2-5(9)6(4)12/h1-2,12H,(H3,10,11,13). The zero-order chi connectivity index (χ0) is 10.0. The van der Waals surface area contributed by atoms with Crippen LogP contribution in [0.3, 0.4) is 0 Å². The zero-order valence-electron chi connectivity index (χ0n) is 6.34. The molecule has 0 aliphatic carbocycles. The van der Waals surface area contributed by atoms with Gasteiger partial charge in [-0.05, 0) is 12.1 Å². The first-order valence-corrected chi connectivity index (χ1v) is 4.01. The van der Waals surface area contributed by atoms with E-state index in [0.29, 0.717) is 5.69 Å². The van der Waals surface area contributed by atoms with Crippen LogP contribution in [-0.2, 0) is 0 Å². The van der Waals surface area contributed by atoms with E-state index in [9.17, 15) is 4.79 Å². The highest BCUT2D eigenvalue weighted by atomic mass is 35.5. The first kappa shape index (κ1) is 9.95. The second-order valence-corrected chi connectivity index (χ2v) is 3.09. The van der Waals surface area contributed by atoms with E-state index in [2.05, 4.69) is 5.32 Å². The predicted octanol–water partition coefficient (Wildman–Crippen LogP) is 2.19. The molecule has 0 unspecified atom stereocenters. The first-order valence-electron chi connectivity index (χ1n) is 3.25. The van der Waals surface area contributed by atoms with Crippen molar-refractivity contribution in [2.75, 3.05) is 5.32 Å². The van der Waals surface area contributed by atoms with Gasteiger partial charge in [0.2, 0.25) is 0 Å². The van der Waals surface area contributed by atoms with E-state index in [4.69, 9.17) is 34.0 Å². The van der Waals surface area contributed by atoms with Crippen molar-refractivity contribution in [3.63, 3.8) is 0 Å². The van der Waals surface area contributed by atoms with Gasteiger partial charge < -0.3 is 16.2 Å². The quantitative estimate of drug-likeness (QED) is 0.635. The SMILES string of the molecule is NC(=O)Nc1cc(Cl)c(O)c(Cl)c1. The Morgan fingerprint density at radius 1 is 1.38 bits per heavy atom. The largest absolute Gasteiger partial charge is 0.505 e. The van der Waals surface area contributed by atoms with E-state index in [0.717, 1.165) is 0 Å². The smallest absolute Gasteiger partial charge is 0.316 e. The van der Waals surface area contributed by atoms with Crippen LogP contribution < -0.4 is 11.1 Å². The number of carbonyl (C=O) groups is 1. The number of nitrogens with one attached hydrogen (secondary N) is 1. The summed E-state index contributed by atoms with van der Waals surface area (Å²) in [5, 5.41) is 11.5. The van der Waals surface area contributed by atoms with Crippen molar-refractivity contribution < 1.29 is 9.90 Å². The maximum atomic E-state index is 10.4. The fourth-order valence-corrected chi connectivity index (χ4v) is 1.27.